The Bertz CT molecular complexity index is 378. The summed E-state index contributed by atoms with van der Waals surface area (Å²) in [6.45, 7) is 2.46. The van der Waals surface area contributed by atoms with Crippen LogP contribution in [0, 0.1) is 6.92 Å². The molecule has 0 aliphatic carbocycles. The van der Waals surface area contributed by atoms with Crippen molar-refractivity contribution in [3.63, 3.8) is 0 Å². The molecular formula is C14H21NO4. The maximum absolute atomic E-state index is 11.6. The van der Waals surface area contributed by atoms with Gasteiger partial charge in [-0.3, -0.25) is 4.79 Å². The molecule has 5 heteroatoms. The van der Waals surface area contributed by atoms with Crippen LogP contribution in [0.25, 0.3) is 0 Å². The van der Waals surface area contributed by atoms with Crippen molar-refractivity contribution in [1.82, 2.24) is 5.32 Å². The maximum atomic E-state index is 11.6. The van der Waals surface area contributed by atoms with Gasteiger partial charge in [0.25, 0.3) is 0 Å². The molecule has 0 aliphatic rings. The maximum Gasteiger partial charge on any atom is 0.223 e. The Hall–Kier alpha value is -1.59. The second-order valence-electron chi connectivity index (χ2n) is 4.31. The fraction of sp³-hybridized carbons (Fsp3) is 0.500. The lowest BCUT2D eigenvalue weighted by atomic mass is 10.2. The van der Waals surface area contributed by atoms with Gasteiger partial charge >= 0.3 is 0 Å². The van der Waals surface area contributed by atoms with Crippen LogP contribution in [0.5, 0.6) is 5.75 Å². The fourth-order valence-corrected chi connectivity index (χ4v) is 1.54. The number of carbonyl (C=O) groups excluding carboxylic acids is 1. The smallest absolute Gasteiger partial charge is 0.223 e. The number of amides is 1. The number of aliphatic hydroxyl groups is 1. The quantitative estimate of drug-likeness (QED) is 0.734. The zero-order valence-corrected chi connectivity index (χ0v) is 11.4. The number of methoxy groups -OCH3 is 1. The Morgan fingerprint density at radius 3 is 2.63 bits per heavy atom. The summed E-state index contributed by atoms with van der Waals surface area (Å²) in [6, 6.07) is 7.28. The van der Waals surface area contributed by atoms with Crippen molar-refractivity contribution in [2.45, 2.75) is 19.4 Å². The lowest BCUT2D eigenvalue weighted by Gasteiger charge is -2.15. The highest BCUT2D eigenvalue weighted by Crippen LogP contribution is 2.11. The predicted octanol–water partition coefficient (Wildman–Crippen LogP) is 0.887. The number of aryl methyl sites for hydroxylation is 1. The second kappa shape index (κ2) is 8.50. The average Bonchev–Trinajstić information content (AvgIpc) is 2.40. The number of benzene rings is 1. The molecule has 0 saturated heterocycles. The van der Waals surface area contributed by atoms with Crippen molar-refractivity contribution in [1.29, 1.82) is 0 Å². The molecule has 2 N–H and O–H groups in total. The molecule has 0 bridgehead atoms. The standard InChI is InChI=1S/C14H21NO4/c1-11-3-5-13(6-4-11)19-8-7-14(17)15-12(9-16)10-18-2/h3-6,12,16H,7-10H2,1-2H3,(H,15,17). The highest BCUT2D eigenvalue weighted by molar-refractivity contribution is 5.76. The van der Waals surface area contributed by atoms with Gasteiger partial charge in [-0.2, -0.15) is 0 Å². The summed E-state index contributed by atoms with van der Waals surface area (Å²) in [4.78, 5) is 11.6. The molecule has 0 heterocycles. The fourth-order valence-electron chi connectivity index (χ4n) is 1.54. The largest absolute Gasteiger partial charge is 0.493 e. The number of aliphatic hydroxyl groups excluding tert-OH is 1. The third kappa shape index (κ3) is 6.22. The minimum absolute atomic E-state index is 0.140. The van der Waals surface area contributed by atoms with Crippen LogP contribution in [-0.4, -0.2) is 44.0 Å². The highest BCUT2D eigenvalue weighted by Gasteiger charge is 2.10. The van der Waals surface area contributed by atoms with E-state index in [-0.39, 0.29) is 25.0 Å². The van der Waals surface area contributed by atoms with Crippen LogP contribution >= 0.6 is 0 Å². The first-order valence-electron chi connectivity index (χ1n) is 6.24. The lowest BCUT2D eigenvalue weighted by molar-refractivity contribution is -0.123. The molecule has 0 spiro atoms. The van der Waals surface area contributed by atoms with Gasteiger partial charge in [-0.1, -0.05) is 17.7 Å². The molecule has 1 amide bonds. The van der Waals surface area contributed by atoms with Crippen LogP contribution in [-0.2, 0) is 9.53 Å². The number of rotatable bonds is 8. The Labute approximate surface area is 113 Å². The molecular weight excluding hydrogens is 246 g/mol. The summed E-state index contributed by atoms with van der Waals surface area (Å²) < 4.78 is 10.3. The lowest BCUT2D eigenvalue weighted by Crippen LogP contribution is -2.41. The van der Waals surface area contributed by atoms with E-state index in [2.05, 4.69) is 5.32 Å². The van der Waals surface area contributed by atoms with Crippen LogP contribution in [0.4, 0.5) is 0 Å². The van der Waals surface area contributed by atoms with Crippen LogP contribution in [0.2, 0.25) is 0 Å². The summed E-state index contributed by atoms with van der Waals surface area (Å²) in [5.74, 6) is 0.581. The molecule has 0 aromatic heterocycles. The molecule has 1 atom stereocenters. The van der Waals surface area contributed by atoms with E-state index < -0.39 is 0 Å². The molecule has 1 unspecified atom stereocenters. The number of hydrogen-bond acceptors (Lipinski definition) is 4. The van der Waals surface area contributed by atoms with E-state index in [1.807, 2.05) is 31.2 Å². The van der Waals surface area contributed by atoms with Gasteiger partial charge in [0.05, 0.1) is 32.3 Å². The predicted molar refractivity (Wildman–Crippen MR) is 72.2 cm³/mol. The van der Waals surface area contributed by atoms with E-state index in [9.17, 15) is 4.79 Å². The topological polar surface area (TPSA) is 67.8 Å². The van der Waals surface area contributed by atoms with Gasteiger partial charge in [0.2, 0.25) is 5.91 Å². The summed E-state index contributed by atoms with van der Waals surface area (Å²) >= 11 is 0. The van der Waals surface area contributed by atoms with E-state index in [4.69, 9.17) is 14.6 Å². The van der Waals surface area contributed by atoms with Gasteiger partial charge in [0, 0.05) is 7.11 Å². The van der Waals surface area contributed by atoms with Crippen molar-refractivity contribution in [3.8, 4) is 5.75 Å². The van der Waals surface area contributed by atoms with Gasteiger partial charge in [0.1, 0.15) is 5.75 Å². The second-order valence-corrected chi connectivity index (χ2v) is 4.31. The summed E-state index contributed by atoms with van der Waals surface area (Å²) in [5, 5.41) is 11.7. The number of ether oxygens (including phenoxy) is 2. The van der Waals surface area contributed by atoms with Crippen LogP contribution in [0.1, 0.15) is 12.0 Å². The van der Waals surface area contributed by atoms with E-state index >= 15 is 0 Å². The Morgan fingerprint density at radius 1 is 1.37 bits per heavy atom. The van der Waals surface area contributed by atoms with Crippen LogP contribution in [0.3, 0.4) is 0 Å². The number of nitrogens with one attached hydrogen (secondary N) is 1. The SMILES string of the molecule is COCC(CO)NC(=O)CCOc1ccc(C)cc1. The van der Waals surface area contributed by atoms with E-state index in [0.29, 0.717) is 13.2 Å². The molecule has 106 valence electrons. The first-order valence-corrected chi connectivity index (χ1v) is 6.24. The molecule has 5 nitrogen and oxygen atoms in total. The molecule has 19 heavy (non-hydrogen) atoms. The highest BCUT2D eigenvalue weighted by atomic mass is 16.5. The molecule has 1 aromatic rings. The molecule has 1 rings (SSSR count). The minimum atomic E-state index is -0.364. The third-order valence-electron chi connectivity index (χ3n) is 2.57. The van der Waals surface area contributed by atoms with E-state index in [1.54, 1.807) is 0 Å². The monoisotopic (exact) mass is 267 g/mol. The van der Waals surface area contributed by atoms with Crippen molar-refractivity contribution in [2.75, 3.05) is 26.9 Å². The van der Waals surface area contributed by atoms with E-state index in [1.165, 1.54) is 7.11 Å². The van der Waals surface area contributed by atoms with Crippen molar-refractivity contribution in [2.24, 2.45) is 0 Å². The Kier molecular flexibility index (Phi) is 6.92. The van der Waals surface area contributed by atoms with Crippen molar-refractivity contribution < 1.29 is 19.4 Å². The zero-order chi connectivity index (χ0) is 14.1. The first kappa shape index (κ1) is 15.5. The summed E-state index contributed by atoms with van der Waals surface area (Å²) in [6.07, 6.45) is 0.244. The van der Waals surface area contributed by atoms with Crippen molar-refractivity contribution >= 4 is 5.91 Å². The molecule has 0 radical (unpaired) electrons. The number of hydrogen-bond donors (Lipinski definition) is 2. The molecule has 0 fully saturated rings. The average molecular weight is 267 g/mol. The molecule has 1 aromatic carbocycles. The molecule has 0 saturated carbocycles. The Balaban J connectivity index is 2.24. The summed E-state index contributed by atoms with van der Waals surface area (Å²) in [5.41, 5.74) is 1.16. The van der Waals surface area contributed by atoms with Gasteiger partial charge in [-0.05, 0) is 19.1 Å². The normalized spacial score (nSPS) is 11.9. The zero-order valence-electron chi connectivity index (χ0n) is 11.4. The van der Waals surface area contributed by atoms with Gasteiger partial charge in [0.15, 0.2) is 0 Å². The minimum Gasteiger partial charge on any atom is -0.493 e. The van der Waals surface area contributed by atoms with E-state index in [0.717, 1.165) is 11.3 Å². The van der Waals surface area contributed by atoms with Gasteiger partial charge in [-0.15, -0.1) is 0 Å². The number of carbonyl (C=O) groups is 1. The van der Waals surface area contributed by atoms with Crippen LogP contribution in [0.15, 0.2) is 24.3 Å². The first-order chi connectivity index (χ1) is 9.15. The van der Waals surface area contributed by atoms with Crippen LogP contribution < -0.4 is 10.1 Å². The van der Waals surface area contributed by atoms with Gasteiger partial charge < -0.3 is 19.9 Å². The van der Waals surface area contributed by atoms with Gasteiger partial charge in [-0.25, -0.2) is 0 Å². The Morgan fingerprint density at radius 2 is 2.05 bits per heavy atom. The summed E-state index contributed by atoms with van der Waals surface area (Å²) in [7, 11) is 1.52. The molecule has 0 aliphatic heterocycles. The third-order valence-corrected chi connectivity index (χ3v) is 2.57. The van der Waals surface area contributed by atoms with Crippen molar-refractivity contribution in [3.05, 3.63) is 29.8 Å².